The largest absolute Gasteiger partial charge is 0.493 e. The number of rotatable bonds is 9. The summed E-state index contributed by atoms with van der Waals surface area (Å²) in [4.78, 5) is 6.69. The van der Waals surface area contributed by atoms with E-state index in [1.807, 2.05) is 48.5 Å². The predicted octanol–water partition coefficient (Wildman–Crippen LogP) is 3.31. The number of pyridine rings is 1. The molecular formula is C24H29N3O4S. The summed E-state index contributed by atoms with van der Waals surface area (Å²) in [6.45, 7) is 3.72. The van der Waals surface area contributed by atoms with Crippen molar-refractivity contribution in [2.45, 2.75) is 17.7 Å². The summed E-state index contributed by atoms with van der Waals surface area (Å²) in [7, 11) is -1.97. The summed E-state index contributed by atoms with van der Waals surface area (Å²) >= 11 is 0. The van der Waals surface area contributed by atoms with Crippen LogP contribution in [-0.2, 0) is 10.0 Å². The molecule has 0 spiro atoms. The Morgan fingerprint density at radius 1 is 1.03 bits per heavy atom. The number of aromatic nitrogens is 1. The topological polar surface area (TPSA) is 80.8 Å². The zero-order valence-corrected chi connectivity index (χ0v) is 19.1. The molecule has 4 rings (SSSR count). The van der Waals surface area contributed by atoms with Crippen molar-refractivity contribution in [2.24, 2.45) is 5.92 Å². The zero-order valence-electron chi connectivity index (χ0n) is 18.2. The van der Waals surface area contributed by atoms with Gasteiger partial charge in [-0.05, 0) is 44.0 Å². The van der Waals surface area contributed by atoms with Gasteiger partial charge in [0, 0.05) is 36.3 Å². The van der Waals surface area contributed by atoms with Crippen LogP contribution in [0.4, 0.5) is 0 Å². The van der Waals surface area contributed by atoms with Crippen molar-refractivity contribution in [1.29, 1.82) is 0 Å². The number of sulfonamides is 1. The smallest absolute Gasteiger partial charge is 0.242 e. The summed E-state index contributed by atoms with van der Waals surface area (Å²) in [6.07, 6.45) is 5.01. The lowest BCUT2D eigenvalue weighted by atomic mass is 9.97. The summed E-state index contributed by atoms with van der Waals surface area (Å²) in [5.74, 6) is 1.81. The number of para-hydroxylation sites is 2. The highest BCUT2D eigenvalue weighted by atomic mass is 32.2. The molecule has 2 aromatic carbocycles. The summed E-state index contributed by atoms with van der Waals surface area (Å²) in [6, 6.07) is 15.0. The number of fused-ring (bicyclic) bond motifs is 1. The number of hydrogen-bond acceptors (Lipinski definition) is 6. The zero-order chi connectivity index (χ0) is 22.4. The van der Waals surface area contributed by atoms with Crippen molar-refractivity contribution in [1.82, 2.24) is 14.6 Å². The minimum absolute atomic E-state index is 0.238. The van der Waals surface area contributed by atoms with Crippen LogP contribution in [0.25, 0.3) is 10.8 Å². The van der Waals surface area contributed by atoms with Crippen LogP contribution in [-0.4, -0.2) is 58.2 Å². The molecule has 3 aromatic rings. The first-order valence-electron chi connectivity index (χ1n) is 10.9. The van der Waals surface area contributed by atoms with E-state index in [-0.39, 0.29) is 4.90 Å². The number of nitrogens with one attached hydrogen (secondary N) is 1. The highest BCUT2D eigenvalue weighted by Crippen LogP contribution is 2.26. The second-order valence-electron chi connectivity index (χ2n) is 8.00. The van der Waals surface area contributed by atoms with Crippen LogP contribution in [0.3, 0.4) is 0 Å². The molecule has 1 aromatic heterocycles. The van der Waals surface area contributed by atoms with E-state index >= 15 is 0 Å². The summed E-state index contributed by atoms with van der Waals surface area (Å²) in [5, 5.41) is 1.51. The highest BCUT2D eigenvalue weighted by Gasteiger charge is 2.23. The third-order valence-electron chi connectivity index (χ3n) is 5.92. The molecule has 1 aliphatic rings. The SMILES string of the molecule is COc1ccccc1OCCN1CCC(CNS(=O)(=O)c2cncc3ccccc23)CC1. The molecule has 1 fully saturated rings. The Balaban J connectivity index is 1.24. The standard InChI is InChI=1S/C24H29N3O4S/c1-30-22-8-4-5-9-23(22)31-15-14-27-12-10-19(11-13-27)16-26-32(28,29)24-18-25-17-20-6-2-3-7-21(20)24/h2-9,17-19,26H,10-16H2,1H3. The Hall–Kier alpha value is -2.68. The number of benzene rings is 2. The van der Waals surface area contributed by atoms with Crippen LogP contribution in [0.2, 0.25) is 0 Å². The molecule has 1 saturated heterocycles. The Bertz CT molecular complexity index is 1140. The first-order chi connectivity index (χ1) is 15.6. The van der Waals surface area contributed by atoms with Gasteiger partial charge in [0.05, 0.1) is 7.11 Å². The normalized spacial score (nSPS) is 15.7. The quantitative estimate of drug-likeness (QED) is 0.533. The second-order valence-corrected chi connectivity index (χ2v) is 9.73. The van der Waals surface area contributed by atoms with Gasteiger partial charge in [-0.3, -0.25) is 9.88 Å². The van der Waals surface area contributed by atoms with Crippen molar-refractivity contribution < 1.29 is 17.9 Å². The molecule has 2 heterocycles. The molecule has 0 aliphatic carbocycles. The monoisotopic (exact) mass is 455 g/mol. The van der Waals surface area contributed by atoms with Crippen molar-refractivity contribution >= 4 is 20.8 Å². The van der Waals surface area contributed by atoms with E-state index in [4.69, 9.17) is 9.47 Å². The van der Waals surface area contributed by atoms with E-state index in [0.717, 1.165) is 49.4 Å². The van der Waals surface area contributed by atoms with Crippen molar-refractivity contribution in [3.63, 3.8) is 0 Å². The maximum atomic E-state index is 12.9. The Kier molecular flexibility index (Phi) is 7.24. The molecule has 8 heteroatoms. The fraction of sp³-hybridized carbons (Fsp3) is 0.375. The van der Waals surface area contributed by atoms with Crippen LogP contribution in [0.15, 0.2) is 65.8 Å². The maximum absolute atomic E-state index is 12.9. The van der Waals surface area contributed by atoms with Gasteiger partial charge >= 0.3 is 0 Å². The molecule has 1 aliphatic heterocycles. The van der Waals surface area contributed by atoms with Crippen LogP contribution in [0.1, 0.15) is 12.8 Å². The molecule has 0 unspecified atom stereocenters. The van der Waals surface area contributed by atoms with Gasteiger partial charge in [0.2, 0.25) is 10.0 Å². The molecule has 170 valence electrons. The van der Waals surface area contributed by atoms with E-state index < -0.39 is 10.0 Å². The van der Waals surface area contributed by atoms with Gasteiger partial charge in [0.25, 0.3) is 0 Å². The lowest BCUT2D eigenvalue weighted by molar-refractivity contribution is 0.154. The van der Waals surface area contributed by atoms with E-state index in [0.29, 0.717) is 24.5 Å². The lowest BCUT2D eigenvalue weighted by Gasteiger charge is -2.31. The molecule has 0 amide bonds. The minimum atomic E-state index is -3.61. The van der Waals surface area contributed by atoms with Crippen molar-refractivity contribution in [3.8, 4) is 11.5 Å². The van der Waals surface area contributed by atoms with Crippen LogP contribution in [0.5, 0.6) is 11.5 Å². The first-order valence-corrected chi connectivity index (χ1v) is 12.4. The maximum Gasteiger partial charge on any atom is 0.242 e. The van der Waals surface area contributed by atoms with Crippen LogP contribution in [0, 0.1) is 5.92 Å². The molecule has 32 heavy (non-hydrogen) atoms. The number of ether oxygens (including phenoxy) is 2. The first kappa shape index (κ1) is 22.5. The molecule has 0 radical (unpaired) electrons. The number of hydrogen-bond donors (Lipinski definition) is 1. The second kappa shape index (κ2) is 10.3. The summed E-state index contributed by atoms with van der Waals surface area (Å²) < 4.78 is 39.8. The van der Waals surface area contributed by atoms with Crippen LogP contribution < -0.4 is 14.2 Å². The van der Waals surface area contributed by atoms with E-state index in [1.165, 1.54) is 6.20 Å². The Morgan fingerprint density at radius 2 is 1.75 bits per heavy atom. The molecule has 0 bridgehead atoms. The fourth-order valence-electron chi connectivity index (χ4n) is 4.05. The lowest BCUT2D eigenvalue weighted by Crippen LogP contribution is -2.40. The number of piperidine rings is 1. The minimum Gasteiger partial charge on any atom is -0.493 e. The molecular weight excluding hydrogens is 426 g/mol. The molecule has 0 saturated carbocycles. The van der Waals surface area contributed by atoms with E-state index in [9.17, 15) is 8.42 Å². The molecule has 7 nitrogen and oxygen atoms in total. The average Bonchev–Trinajstić information content (AvgIpc) is 2.83. The van der Waals surface area contributed by atoms with Crippen molar-refractivity contribution in [3.05, 3.63) is 60.9 Å². The average molecular weight is 456 g/mol. The molecule has 0 atom stereocenters. The number of methoxy groups -OCH3 is 1. The van der Waals surface area contributed by atoms with E-state index in [1.54, 1.807) is 13.3 Å². The van der Waals surface area contributed by atoms with Gasteiger partial charge in [-0.1, -0.05) is 36.4 Å². The van der Waals surface area contributed by atoms with Gasteiger partial charge in [-0.2, -0.15) is 0 Å². The Labute approximate surface area is 189 Å². The third kappa shape index (κ3) is 5.38. The number of nitrogens with zero attached hydrogens (tertiary/aromatic N) is 2. The highest BCUT2D eigenvalue weighted by molar-refractivity contribution is 7.89. The Morgan fingerprint density at radius 3 is 2.53 bits per heavy atom. The summed E-state index contributed by atoms with van der Waals surface area (Å²) in [5.41, 5.74) is 0. The van der Waals surface area contributed by atoms with E-state index in [2.05, 4.69) is 14.6 Å². The van der Waals surface area contributed by atoms with Crippen LogP contribution >= 0.6 is 0 Å². The van der Waals surface area contributed by atoms with Gasteiger partial charge < -0.3 is 9.47 Å². The number of likely N-dealkylation sites (tertiary alicyclic amines) is 1. The fourth-order valence-corrected chi connectivity index (χ4v) is 5.33. The van der Waals surface area contributed by atoms with Gasteiger partial charge in [-0.15, -0.1) is 0 Å². The van der Waals surface area contributed by atoms with Gasteiger partial charge in [0.15, 0.2) is 11.5 Å². The van der Waals surface area contributed by atoms with Gasteiger partial charge in [0.1, 0.15) is 11.5 Å². The third-order valence-corrected chi connectivity index (χ3v) is 7.38. The predicted molar refractivity (Wildman–Crippen MR) is 125 cm³/mol. The van der Waals surface area contributed by atoms with Crippen molar-refractivity contribution in [2.75, 3.05) is 39.9 Å². The molecule has 1 N–H and O–H groups in total. The van der Waals surface area contributed by atoms with Gasteiger partial charge in [-0.25, -0.2) is 13.1 Å².